The molecule has 2 heterocycles. The molecule has 1 aromatic rings. The van der Waals surface area contributed by atoms with Crippen molar-refractivity contribution in [2.75, 3.05) is 40.0 Å². The average Bonchev–Trinajstić information content (AvgIpc) is 2.95. The van der Waals surface area contributed by atoms with Gasteiger partial charge in [0.05, 0.1) is 11.1 Å². The van der Waals surface area contributed by atoms with E-state index in [1.807, 2.05) is 32.0 Å². The van der Waals surface area contributed by atoms with E-state index in [0.29, 0.717) is 18.0 Å². The Labute approximate surface area is 136 Å². The van der Waals surface area contributed by atoms with Crippen molar-refractivity contribution in [3.63, 3.8) is 0 Å². The molecule has 1 saturated heterocycles. The highest BCUT2D eigenvalue weighted by Gasteiger charge is 2.38. The van der Waals surface area contributed by atoms with Crippen LogP contribution < -0.4 is 5.32 Å². The summed E-state index contributed by atoms with van der Waals surface area (Å²) >= 11 is 1.45. The predicted octanol–water partition coefficient (Wildman–Crippen LogP) is 0.608. The van der Waals surface area contributed by atoms with E-state index < -0.39 is 10.0 Å². The number of sulfonamides is 1. The molecule has 2 rings (SSSR count). The van der Waals surface area contributed by atoms with Gasteiger partial charge in [0.25, 0.3) is 5.91 Å². The Bertz CT molecular complexity index is 640. The Hall–Kier alpha value is -0.960. The van der Waals surface area contributed by atoms with Gasteiger partial charge in [0, 0.05) is 36.5 Å². The molecular weight excluding hydrogens is 322 g/mol. The van der Waals surface area contributed by atoms with Crippen molar-refractivity contribution >= 4 is 27.3 Å². The van der Waals surface area contributed by atoms with Crippen LogP contribution in [0.5, 0.6) is 0 Å². The first kappa shape index (κ1) is 17.4. The summed E-state index contributed by atoms with van der Waals surface area (Å²) in [6, 6.07) is 3.56. The highest BCUT2D eigenvalue weighted by atomic mass is 32.2. The summed E-state index contributed by atoms with van der Waals surface area (Å²) in [5.41, 5.74) is 0. The molecule has 2 atom stereocenters. The van der Waals surface area contributed by atoms with Gasteiger partial charge in [-0.25, -0.2) is 8.42 Å². The standard InChI is InChI=1S/C14H23N3O3S2/c1-10-5-6-13(21-10)14(18)15-12-9-17(22(4,19)20)8-11(12)7-16(2)3/h5-6,11-12H,7-9H2,1-4H3,(H,15,18)/t11-,12-/m1/s1. The number of hydrogen-bond acceptors (Lipinski definition) is 5. The topological polar surface area (TPSA) is 69.7 Å². The van der Waals surface area contributed by atoms with Gasteiger partial charge < -0.3 is 10.2 Å². The van der Waals surface area contributed by atoms with Gasteiger partial charge >= 0.3 is 0 Å². The summed E-state index contributed by atoms with van der Waals surface area (Å²) in [6.45, 7) is 3.48. The molecule has 0 aromatic carbocycles. The van der Waals surface area contributed by atoms with Gasteiger partial charge in [-0.15, -0.1) is 11.3 Å². The Morgan fingerprint density at radius 1 is 1.41 bits per heavy atom. The van der Waals surface area contributed by atoms with E-state index >= 15 is 0 Å². The Kier molecular flexibility index (Phi) is 5.26. The molecule has 0 unspecified atom stereocenters. The second-order valence-corrected chi connectivity index (χ2v) is 9.36. The molecule has 0 bridgehead atoms. The maximum Gasteiger partial charge on any atom is 0.261 e. The number of hydrogen-bond donors (Lipinski definition) is 1. The van der Waals surface area contributed by atoms with Crippen LogP contribution >= 0.6 is 11.3 Å². The van der Waals surface area contributed by atoms with Gasteiger partial charge in [-0.3, -0.25) is 4.79 Å². The molecule has 22 heavy (non-hydrogen) atoms. The van der Waals surface area contributed by atoms with E-state index in [9.17, 15) is 13.2 Å². The summed E-state index contributed by atoms with van der Waals surface area (Å²) in [5, 5.41) is 3.00. The van der Waals surface area contributed by atoms with Crippen molar-refractivity contribution in [2.24, 2.45) is 5.92 Å². The maximum atomic E-state index is 12.3. The fourth-order valence-corrected chi connectivity index (χ4v) is 4.38. The third-order valence-corrected chi connectivity index (χ3v) is 5.99. The van der Waals surface area contributed by atoms with E-state index in [2.05, 4.69) is 5.32 Å². The molecule has 1 amide bonds. The third kappa shape index (κ3) is 4.28. The van der Waals surface area contributed by atoms with E-state index in [0.717, 1.165) is 11.4 Å². The minimum absolute atomic E-state index is 0.0923. The van der Waals surface area contributed by atoms with Gasteiger partial charge in [-0.05, 0) is 33.2 Å². The normalized spacial score (nSPS) is 23.1. The van der Waals surface area contributed by atoms with Crippen LogP contribution in [0.2, 0.25) is 0 Å². The minimum atomic E-state index is -3.23. The molecule has 1 aliphatic heterocycles. The number of nitrogens with one attached hydrogen (secondary N) is 1. The number of thiophene rings is 1. The summed E-state index contributed by atoms with van der Waals surface area (Å²) in [5.74, 6) is -0.0306. The number of rotatable bonds is 5. The molecule has 0 radical (unpaired) electrons. The van der Waals surface area contributed by atoms with Crippen LogP contribution in [0, 0.1) is 12.8 Å². The first-order valence-electron chi connectivity index (χ1n) is 7.14. The molecule has 8 heteroatoms. The van der Waals surface area contributed by atoms with Crippen molar-refractivity contribution in [3.8, 4) is 0 Å². The molecular formula is C14H23N3O3S2. The molecule has 1 aliphatic rings. The number of aryl methyl sites for hydroxylation is 1. The zero-order valence-electron chi connectivity index (χ0n) is 13.4. The fourth-order valence-electron chi connectivity index (χ4n) is 2.72. The van der Waals surface area contributed by atoms with Crippen LogP contribution in [0.15, 0.2) is 12.1 Å². The third-order valence-electron chi connectivity index (χ3n) is 3.76. The maximum absolute atomic E-state index is 12.3. The van der Waals surface area contributed by atoms with Crippen molar-refractivity contribution in [3.05, 3.63) is 21.9 Å². The van der Waals surface area contributed by atoms with Crippen molar-refractivity contribution < 1.29 is 13.2 Å². The molecule has 1 N–H and O–H groups in total. The predicted molar refractivity (Wildman–Crippen MR) is 88.8 cm³/mol. The summed E-state index contributed by atoms with van der Waals surface area (Å²) < 4.78 is 25.0. The lowest BCUT2D eigenvalue weighted by Gasteiger charge is -2.22. The summed E-state index contributed by atoms with van der Waals surface area (Å²) in [7, 11) is 0.664. The van der Waals surface area contributed by atoms with Crippen LogP contribution in [-0.2, 0) is 10.0 Å². The second-order valence-electron chi connectivity index (χ2n) is 6.09. The van der Waals surface area contributed by atoms with Crippen LogP contribution in [0.25, 0.3) is 0 Å². The first-order valence-corrected chi connectivity index (χ1v) is 9.80. The van der Waals surface area contributed by atoms with Crippen LogP contribution in [0.4, 0.5) is 0 Å². The smallest absolute Gasteiger partial charge is 0.261 e. The molecule has 1 fully saturated rings. The molecule has 0 aliphatic carbocycles. The lowest BCUT2D eigenvalue weighted by Crippen LogP contribution is -2.43. The SMILES string of the molecule is Cc1ccc(C(=O)N[C@@H]2CN(S(C)(=O)=O)C[C@H]2CN(C)C)s1. The lowest BCUT2D eigenvalue weighted by molar-refractivity contribution is 0.0931. The average molecular weight is 345 g/mol. The highest BCUT2D eigenvalue weighted by Crippen LogP contribution is 2.22. The zero-order valence-corrected chi connectivity index (χ0v) is 15.0. The second kappa shape index (κ2) is 6.66. The lowest BCUT2D eigenvalue weighted by atomic mass is 10.0. The zero-order chi connectivity index (χ0) is 16.5. The Morgan fingerprint density at radius 3 is 2.59 bits per heavy atom. The molecule has 0 spiro atoms. The van der Waals surface area contributed by atoms with E-state index in [1.165, 1.54) is 21.9 Å². The van der Waals surface area contributed by atoms with Gasteiger partial charge in [-0.2, -0.15) is 4.31 Å². The van der Waals surface area contributed by atoms with Crippen molar-refractivity contribution in [1.29, 1.82) is 0 Å². The van der Waals surface area contributed by atoms with Crippen LogP contribution in [0.1, 0.15) is 14.5 Å². The number of amides is 1. The number of nitrogens with zero attached hydrogens (tertiary/aromatic N) is 2. The highest BCUT2D eigenvalue weighted by molar-refractivity contribution is 7.88. The quantitative estimate of drug-likeness (QED) is 0.849. The Morgan fingerprint density at radius 2 is 2.09 bits per heavy atom. The molecule has 0 saturated carbocycles. The van der Waals surface area contributed by atoms with Crippen molar-refractivity contribution in [1.82, 2.24) is 14.5 Å². The molecule has 1 aromatic heterocycles. The Balaban J connectivity index is 2.10. The van der Waals surface area contributed by atoms with Gasteiger partial charge in [0.2, 0.25) is 10.0 Å². The van der Waals surface area contributed by atoms with Gasteiger partial charge in [0.15, 0.2) is 0 Å². The van der Waals surface area contributed by atoms with Crippen molar-refractivity contribution in [2.45, 2.75) is 13.0 Å². The minimum Gasteiger partial charge on any atom is -0.347 e. The fraction of sp³-hybridized carbons (Fsp3) is 0.643. The number of carbonyl (C=O) groups is 1. The summed E-state index contributed by atoms with van der Waals surface area (Å²) in [4.78, 5) is 16.1. The van der Waals surface area contributed by atoms with Crippen LogP contribution in [-0.4, -0.2) is 69.6 Å². The van der Waals surface area contributed by atoms with Gasteiger partial charge in [0.1, 0.15) is 0 Å². The first-order chi connectivity index (χ1) is 10.2. The monoisotopic (exact) mass is 345 g/mol. The van der Waals surface area contributed by atoms with Gasteiger partial charge in [-0.1, -0.05) is 0 Å². The van der Waals surface area contributed by atoms with Crippen LogP contribution in [0.3, 0.4) is 0 Å². The van der Waals surface area contributed by atoms with E-state index in [1.54, 1.807) is 6.07 Å². The molecule has 6 nitrogen and oxygen atoms in total. The van der Waals surface area contributed by atoms with E-state index in [-0.39, 0.29) is 17.9 Å². The molecule has 124 valence electrons. The number of carbonyl (C=O) groups excluding carboxylic acids is 1. The van der Waals surface area contributed by atoms with E-state index in [4.69, 9.17) is 0 Å². The summed E-state index contributed by atoms with van der Waals surface area (Å²) in [6.07, 6.45) is 1.21. The largest absolute Gasteiger partial charge is 0.347 e.